The molecule has 0 aliphatic carbocycles. The summed E-state index contributed by atoms with van der Waals surface area (Å²) in [5.74, 6) is -1.43. The summed E-state index contributed by atoms with van der Waals surface area (Å²) in [6.45, 7) is 7.55. The Hall–Kier alpha value is 0.630. The average molecular weight is 535 g/mol. The molecule has 0 aromatic carbocycles. The fourth-order valence-electron chi connectivity index (χ4n) is 1.73. The Balaban J connectivity index is 4.75. The zero-order valence-electron chi connectivity index (χ0n) is 13.7. The van der Waals surface area contributed by atoms with Crippen LogP contribution in [0, 0.1) is 11.8 Å². The molecule has 0 radical (unpaired) electrons. The second-order valence-corrected chi connectivity index (χ2v) is 9.88. The van der Waals surface area contributed by atoms with Crippen LogP contribution in [-0.4, -0.2) is 30.9 Å². The van der Waals surface area contributed by atoms with Crippen LogP contribution in [0.4, 0.5) is 0 Å². The van der Waals surface area contributed by atoms with E-state index in [1.54, 1.807) is 0 Å². The van der Waals surface area contributed by atoms with E-state index in [1.165, 1.54) is 0 Å². The molecule has 0 aliphatic heterocycles. The third-order valence-corrected chi connectivity index (χ3v) is 4.97. The Bertz CT molecular complexity index is 417. The predicted molar refractivity (Wildman–Crippen MR) is 101 cm³/mol. The number of carbonyl (C=O) groups is 2. The molecule has 0 N–H and O–H groups in total. The lowest BCUT2D eigenvalue weighted by atomic mass is 10.1. The lowest BCUT2D eigenvalue weighted by Crippen LogP contribution is -2.33. The maximum atomic E-state index is 12.0. The van der Waals surface area contributed by atoms with Crippen molar-refractivity contribution in [2.45, 2.75) is 52.6 Å². The summed E-state index contributed by atoms with van der Waals surface area (Å²) < 4.78 is 23.2. The summed E-state index contributed by atoms with van der Waals surface area (Å²) in [6, 6.07) is -1.74. The first-order chi connectivity index (χ1) is 11.0. The van der Waals surface area contributed by atoms with Crippen molar-refractivity contribution < 1.29 is 23.2 Å². The number of carbonyl (C=O) groups excluding carboxylic acids is 2. The first kappa shape index (κ1) is 24.6. The number of nitrogens with zero attached hydrogens (tertiary/aromatic N) is 2. The molecule has 7 nitrogen and oxygen atoms in total. The van der Waals surface area contributed by atoms with Gasteiger partial charge in [-0.2, -0.15) is 0 Å². The van der Waals surface area contributed by atoms with Gasteiger partial charge in [0.25, 0.3) is 0 Å². The van der Waals surface area contributed by atoms with E-state index in [1.807, 2.05) is 27.7 Å². The molecule has 0 spiro atoms. The van der Waals surface area contributed by atoms with Gasteiger partial charge in [-0.15, -0.1) is 6.89 Å². The van der Waals surface area contributed by atoms with Gasteiger partial charge in [0.15, 0.2) is 0 Å². The van der Waals surface area contributed by atoms with Gasteiger partial charge in [0.05, 0.1) is 0 Å². The molecular formula is C12H21Br2Cl2N2O5P. The monoisotopic (exact) mass is 532 g/mol. The quantitative estimate of drug-likeness (QED) is 0.294. The maximum Gasteiger partial charge on any atom is 0.423 e. The number of halogens is 4. The molecule has 24 heavy (non-hydrogen) atoms. The van der Waals surface area contributed by atoms with E-state index >= 15 is 0 Å². The van der Waals surface area contributed by atoms with Crippen LogP contribution in [0.2, 0.25) is 0 Å². The second-order valence-electron chi connectivity index (χ2n) is 5.90. The lowest BCUT2D eigenvalue weighted by molar-refractivity contribution is -0.141. The summed E-state index contributed by atoms with van der Waals surface area (Å²) in [4.78, 5) is 24.0. The molecule has 12 heteroatoms. The molecule has 0 fully saturated rings. The molecule has 0 aromatic rings. The van der Waals surface area contributed by atoms with Crippen LogP contribution in [0.25, 0.3) is 0 Å². The van der Waals surface area contributed by atoms with Crippen LogP contribution in [0.1, 0.15) is 40.5 Å². The highest BCUT2D eigenvalue weighted by molar-refractivity contribution is 9.08. The van der Waals surface area contributed by atoms with E-state index in [4.69, 9.17) is 32.6 Å². The van der Waals surface area contributed by atoms with Crippen LogP contribution in [-0.2, 0) is 23.2 Å². The molecule has 0 amide bonds. The van der Waals surface area contributed by atoms with Crippen molar-refractivity contribution in [1.82, 2.24) is 6.89 Å². The van der Waals surface area contributed by atoms with Crippen molar-refractivity contribution >= 4 is 76.0 Å². The van der Waals surface area contributed by atoms with Crippen molar-refractivity contribution in [2.24, 2.45) is 11.8 Å². The second kappa shape index (κ2) is 12.1. The largest absolute Gasteiger partial charge is 0.423 e. The molecule has 0 aromatic heterocycles. The SMILES string of the molecule is CC(C)C[C@@H](C(=O)O[PH](=O)OC(=O)[C@H](CC(C)C)N(Cl)Br)N(Cl)Br. The van der Waals surface area contributed by atoms with Crippen molar-refractivity contribution in [3.63, 3.8) is 0 Å². The zero-order valence-corrected chi connectivity index (χ0v) is 19.4. The molecule has 2 atom stereocenters. The van der Waals surface area contributed by atoms with Crippen molar-refractivity contribution in [1.29, 1.82) is 0 Å². The molecule has 142 valence electrons. The number of hydrogen-bond acceptors (Lipinski definition) is 7. The summed E-state index contributed by atoms with van der Waals surface area (Å²) in [5.41, 5.74) is 0. The first-order valence-corrected chi connectivity index (χ1v) is 10.5. The number of rotatable bonds is 10. The molecule has 0 aliphatic rings. The molecule has 0 heterocycles. The smallest absolute Gasteiger partial charge is 0.384 e. The summed E-state index contributed by atoms with van der Waals surface area (Å²) in [6.07, 6.45) is 0.729. The Morgan fingerprint density at radius 2 is 1.21 bits per heavy atom. The molecule has 0 saturated carbocycles. The third kappa shape index (κ3) is 9.94. The van der Waals surface area contributed by atoms with Gasteiger partial charge in [-0.3, -0.25) is 0 Å². The Morgan fingerprint density at radius 1 is 0.917 bits per heavy atom. The van der Waals surface area contributed by atoms with Gasteiger partial charge in [-0.25, -0.2) is 14.2 Å². The summed E-state index contributed by atoms with van der Waals surface area (Å²) in [5, 5.41) is 0. The van der Waals surface area contributed by atoms with Gasteiger partial charge >= 0.3 is 20.2 Å². The topological polar surface area (TPSA) is 76.2 Å². The van der Waals surface area contributed by atoms with Crippen LogP contribution < -0.4 is 0 Å². The fraction of sp³-hybridized carbons (Fsp3) is 0.833. The van der Waals surface area contributed by atoms with Crippen molar-refractivity contribution in [3.05, 3.63) is 0 Å². The predicted octanol–water partition coefficient (Wildman–Crippen LogP) is 4.82. The minimum atomic E-state index is -3.37. The average Bonchev–Trinajstić information content (AvgIpc) is 2.40. The fourth-order valence-corrected chi connectivity index (χ4v) is 3.36. The Morgan fingerprint density at radius 3 is 1.42 bits per heavy atom. The molecular weight excluding hydrogens is 514 g/mol. The summed E-state index contributed by atoms with van der Waals surface area (Å²) in [7, 11) is -3.37. The highest BCUT2D eigenvalue weighted by atomic mass is 79.9. The van der Waals surface area contributed by atoms with Crippen molar-refractivity contribution in [3.8, 4) is 0 Å². The zero-order chi connectivity index (χ0) is 19.0. The lowest BCUT2D eigenvalue weighted by Gasteiger charge is -2.21. The molecule has 0 saturated heterocycles. The standard InChI is InChI=1S/C12H21Br2Cl2N2O5P/c1-7(2)5-9(17(13)15)11(19)22-24(21)23-12(20)10(18(14)16)6-8(3)4/h7-10,24H,5-6H2,1-4H3/t9-,10-/m0/s1. The Labute approximate surface area is 170 Å². The summed E-state index contributed by atoms with van der Waals surface area (Å²) >= 11 is 17.4. The molecule has 0 rings (SSSR count). The molecule has 0 bridgehead atoms. The van der Waals surface area contributed by atoms with Gasteiger partial charge in [-0.1, -0.05) is 27.7 Å². The normalized spacial score (nSPS) is 14.5. The van der Waals surface area contributed by atoms with Gasteiger partial charge in [0, 0.05) is 32.3 Å². The van der Waals surface area contributed by atoms with E-state index in [-0.39, 0.29) is 11.8 Å². The highest BCUT2D eigenvalue weighted by Gasteiger charge is 2.31. The Kier molecular flexibility index (Phi) is 12.4. The van der Waals surface area contributed by atoms with Crippen LogP contribution in [0.3, 0.4) is 0 Å². The number of hydrogen-bond donors (Lipinski definition) is 0. The van der Waals surface area contributed by atoms with Gasteiger partial charge in [0.1, 0.15) is 12.1 Å². The van der Waals surface area contributed by atoms with Crippen LogP contribution in [0.15, 0.2) is 0 Å². The maximum absolute atomic E-state index is 12.0. The van der Waals surface area contributed by atoms with Gasteiger partial charge < -0.3 is 9.05 Å². The van der Waals surface area contributed by atoms with E-state index in [0.717, 1.165) is 6.89 Å². The van der Waals surface area contributed by atoms with E-state index in [0.29, 0.717) is 12.8 Å². The van der Waals surface area contributed by atoms with E-state index < -0.39 is 32.3 Å². The van der Waals surface area contributed by atoms with Crippen molar-refractivity contribution in [2.75, 3.05) is 0 Å². The molecule has 0 unspecified atom stereocenters. The van der Waals surface area contributed by atoms with E-state index in [9.17, 15) is 14.2 Å². The highest BCUT2D eigenvalue weighted by Crippen LogP contribution is 2.31. The van der Waals surface area contributed by atoms with Crippen LogP contribution in [0.5, 0.6) is 0 Å². The van der Waals surface area contributed by atoms with E-state index in [2.05, 4.69) is 32.3 Å². The minimum Gasteiger partial charge on any atom is -0.384 e. The first-order valence-electron chi connectivity index (χ1n) is 7.14. The minimum absolute atomic E-state index is 0.139. The van der Waals surface area contributed by atoms with Crippen LogP contribution >= 0.6 is 64.1 Å². The van der Waals surface area contributed by atoms with Gasteiger partial charge in [0.2, 0.25) is 0 Å². The van der Waals surface area contributed by atoms with Gasteiger partial charge in [-0.05, 0) is 48.2 Å². The third-order valence-electron chi connectivity index (χ3n) is 2.77.